The summed E-state index contributed by atoms with van der Waals surface area (Å²) in [5, 5.41) is 3.82. The molecular weight excluding hydrogens is 339 g/mol. The lowest BCUT2D eigenvalue weighted by Crippen LogP contribution is -2.22. The lowest BCUT2D eigenvalue weighted by molar-refractivity contribution is 0.0973. The van der Waals surface area contributed by atoms with Crippen LogP contribution in [-0.2, 0) is 0 Å². The van der Waals surface area contributed by atoms with Gasteiger partial charge in [0.1, 0.15) is 12.0 Å². The van der Waals surface area contributed by atoms with E-state index in [4.69, 9.17) is 32.4 Å². The van der Waals surface area contributed by atoms with Gasteiger partial charge in [-0.2, -0.15) is 0 Å². The Hall–Kier alpha value is -1.56. The molecule has 7 heteroatoms. The summed E-state index contributed by atoms with van der Waals surface area (Å²) in [5.74, 6) is 0.868. The van der Waals surface area contributed by atoms with Crippen LogP contribution in [0, 0.1) is 5.92 Å². The smallest absolute Gasteiger partial charge is 0.235 e. The average Bonchev–Trinajstić information content (AvgIpc) is 3.21. The Morgan fingerprint density at radius 1 is 1.48 bits per heavy atom. The molecule has 0 bridgehead atoms. The van der Waals surface area contributed by atoms with E-state index >= 15 is 0 Å². The Kier molecular flexibility index (Phi) is 4.90. The number of nitrogens with zero attached hydrogens (tertiary/aromatic N) is 1. The summed E-state index contributed by atoms with van der Waals surface area (Å²) in [4.78, 5) is 16.2. The van der Waals surface area contributed by atoms with Crippen LogP contribution in [0.15, 0.2) is 29.0 Å². The van der Waals surface area contributed by atoms with Crippen molar-refractivity contribution in [1.29, 1.82) is 0 Å². The van der Waals surface area contributed by atoms with Gasteiger partial charge >= 0.3 is 0 Å². The number of oxazole rings is 1. The fourth-order valence-corrected chi connectivity index (χ4v) is 3.20. The standard InChI is InChI=1S/C16H16Cl2N2O3/c1-9(21)13-12(3-2-11(17)14(13)18)23-15(10-4-5-19-8-10)16-20-6-7-22-16/h2-3,6-7,10,15,19H,4-5,8H2,1H3/t10-,15+/m1/s1. The number of ketones is 1. The SMILES string of the molecule is CC(=O)c1c(O[C@H](c2ncco2)[C@@H]2CCNC2)ccc(Cl)c1Cl. The average molecular weight is 355 g/mol. The summed E-state index contributed by atoms with van der Waals surface area (Å²) in [6.07, 6.45) is 3.63. The van der Waals surface area contributed by atoms with Gasteiger partial charge in [-0.1, -0.05) is 23.2 Å². The molecule has 1 saturated heterocycles. The molecule has 0 spiro atoms. The number of benzene rings is 1. The summed E-state index contributed by atoms with van der Waals surface area (Å²) in [7, 11) is 0. The zero-order chi connectivity index (χ0) is 16.4. The van der Waals surface area contributed by atoms with E-state index in [1.54, 1.807) is 18.3 Å². The molecular formula is C16H16Cl2N2O3. The third-order valence-corrected chi connectivity index (χ3v) is 4.69. The Labute approximate surface area is 143 Å². The molecule has 1 fully saturated rings. The minimum absolute atomic E-state index is 0.197. The van der Waals surface area contributed by atoms with Crippen LogP contribution in [0.1, 0.15) is 35.7 Å². The molecule has 2 heterocycles. The van der Waals surface area contributed by atoms with E-state index < -0.39 is 6.10 Å². The molecule has 122 valence electrons. The van der Waals surface area contributed by atoms with Crippen molar-refractivity contribution in [2.75, 3.05) is 13.1 Å². The van der Waals surface area contributed by atoms with Gasteiger partial charge < -0.3 is 14.5 Å². The van der Waals surface area contributed by atoms with Crippen LogP contribution in [0.3, 0.4) is 0 Å². The van der Waals surface area contributed by atoms with Crippen LogP contribution < -0.4 is 10.1 Å². The van der Waals surface area contributed by atoms with E-state index in [0.29, 0.717) is 16.7 Å². The Morgan fingerprint density at radius 2 is 2.30 bits per heavy atom. The lowest BCUT2D eigenvalue weighted by atomic mass is 10.0. The third-order valence-electron chi connectivity index (χ3n) is 3.88. The van der Waals surface area contributed by atoms with Gasteiger partial charge in [-0.05, 0) is 32.0 Å². The first-order valence-electron chi connectivity index (χ1n) is 7.33. The first kappa shape index (κ1) is 16.3. The fourth-order valence-electron chi connectivity index (χ4n) is 2.75. The van der Waals surface area contributed by atoms with E-state index in [9.17, 15) is 4.79 Å². The lowest BCUT2D eigenvalue weighted by Gasteiger charge is -2.23. The summed E-state index contributed by atoms with van der Waals surface area (Å²) < 4.78 is 11.5. The molecule has 1 aliphatic rings. The van der Waals surface area contributed by atoms with Crippen molar-refractivity contribution in [2.45, 2.75) is 19.4 Å². The summed E-state index contributed by atoms with van der Waals surface area (Å²) in [6, 6.07) is 3.27. The van der Waals surface area contributed by atoms with Gasteiger partial charge in [0.05, 0.1) is 21.8 Å². The molecule has 23 heavy (non-hydrogen) atoms. The van der Waals surface area contributed by atoms with Gasteiger partial charge in [-0.3, -0.25) is 4.79 Å². The Bertz CT molecular complexity index is 698. The first-order valence-corrected chi connectivity index (χ1v) is 8.09. The van der Waals surface area contributed by atoms with Crippen LogP contribution in [0.5, 0.6) is 5.75 Å². The normalized spacial score (nSPS) is 18.8. The number of rotatable bonds is 5. The van der Waals surface area contributed by atoms with Crippen molar-refractivity contribution in [3.63, 3.8) is 0 Å². The van der Waals surface area contributed by atoms with Gasteiger partial charge in [0.2, 0.25) is 5.89 Å². The highest BCUT2D eigenvalue weighted by atomic mass is 35.5. The molecule has 5 nitrogen and oxygen atoms in total. The molecule has 3 rings (SSSR count). The number of hydrogen-bond donors (Lipinski definition) is 1. The highest BCUT2D eigenvalue weighted by Gasteiger charge is 2.32. The predicted molar refractivity (Wildman–Crippen MR) is 87.3 cm³/mol. The number of carbonyl (C=O) groups excluding carboxylic acids is 1. The number of nitrogens with one attached hydrogen (secondary N) is 1. The Balaban J connectivity index is 1.97. The van der Waals surface area contributed by atoms with Gasteiger partial charge in [0.25, 0.3) is 0 Å². The molecule has 1 aliphatic heterocycles. The number of Topliss-reactive ketones (excluding diaryl/α,β-unsaturated/α-hetero) is 1. The van der Waals surface area contributed by atoms with Gasteiger partial charge in [-0.25, -0.2) is 4.98 Å². The number of carbonyl (C=O) groups is 1. The number of hydrogen-bond acceptors (Lipinski definition) is 5. The number of halogens is 2. The van der Waals surface area contributed by atoms with Crippen molar-refractivity contribution in [3.8, 4) is 5.75 Å². The van der Waals surface area contributed by atoms with Crippen LogP contribution >= 0.6 is 23.2 Å². The van der Waals surface area contributed by atoms with E-state index in [1.165, 1.54) is 13.2 Å². The van der Waals surface area contributed by atoms with E-state index in [-0.39, 0.29) is 22.3 Å². The Morgan fingerprint density at radius 3 is 2.91 bits per heavy atom. The summed E-state index contributed by atoms with van der Waals surface area (Å²) in [6.45, 7) is 3.14. The quantitative estimate of drug-likeness (QED) is 0.824. The molecule has 0 unspecified atom stereocenters. The summed E-state index contributed by atoms with van der Waals surface area (Å²) >= 11 is 12.2. The van der Waals surface area contributed by atoms with Gasteiger partial charge in [-0.15, -0.1) is 0 Å². The van der Waals surface area contributed by atoms with Crippen LogP contribution in [0.25, 0.3) is 0 Å². The second kappa shape index (κ2) is 6.91. The van der Waals surface area contributed by atoms with Crippen molar-refractivity contribution in [3.05, 3.63) is 46.1 Å². The van der Waals surface area contributed by atoms with Crippen molar-refractivity contribution in [1.82, 2.24) is 10.3 Å². The van der Waals surface area contributed by atoms with Crippen LogP contribution in [0.2, 0.25) is 10.0 Å². The number of aromatic nitrogens is 1. The molecule has 0 amide bonds. The number of ether oxygens (including phenoxy) is 1. The van der Waals surface area contributed by atoms with Gasteiger partial charge in [0, 0.05) is 12.5 Å². The molecule has 1 aromatic carbocycles. The zero-order valence-corrected chi connectivity index (χ0v) is 14.0. The minimum Gasteiger partial charge on any atom is -0.480 e. The topological polar surface area (TPSA) is 64.4 Å². The maximum absolute atomic E-state index is 12.0. The molecule has 0 saturated carbocycles. The highest BCUT2D eigenvalue weighted by molar-refractivity contribution is 6.44. The maximum Gasteiger partial charge on any atom is 0.235 e. The van der Waals surface area contributed by atoms with Crippen molar-refractivity contribution >= 4 is 29.0 Å². The molecule has 1 aromatic heterocycles. The van der Waals surface area contributed by atoms with Crippen LogP contribution in [0.4, 0.5) is 0 Å². The van der Waals surface area contributed by atoms with E-state index in [0.717, 1.165) is 19.5 Å². The molecule has 2 aromatic rings. The second-order valence-corrected chi connectivity index (χ2v) is 6.24. The van der Waals surface area contributed by atoms with E-state index in [2.05, 4.69) is 10.3 Å². The molecule has 0 radical (unpaired) electrons. The fraction of sp³-hybridized carbons (Fsp3) is 0.375. The zero-order valence-electron chi connectivity index (χ0n) is 12.5. The largest absolute Gasteiger partial charge is 0.480 e. The van der Waals surface area contributed by atoms with Crippen LogP contribution in [-0.4, -0.2) is 23.9 Å². The van der Waals surface area contributed by atoms with Gasteiger partial charge in [0.15, 0.2) is 11.9 Å². The van der Waals surface area contributed by atoms with Crippen molar-refractivity contribution < 1.29 is 13.9 Å². The summed E-state index contributed by atoms with van der Waals surface area (Å²) in [5.41, 5.74) is 0.279. The monoisotopic (exact) mass is 354 g/mol. The van der Waals surface area contributed by atoms with Crippen molar-refractivity contribution in [2.24, 2.45) is 5.92 Å². The first-order chi connectivity index (χ1) is 11.1. The predicted octanol–water partition coefficient (Wildman–Crippen LogP) is 3.91. The molecule has 2 atom stereocenters. The minimum atomic E-state index is -0.393. The molecule has 1 N–H and O–H groups in total. The third kappa shape index (κ3) is 3.37. The second-order valence-electron chi connectivity index (χ2n) is 5.45. The highest BCUT2D eigenvalue weighted by Crippen LogP contribution is 2.38. The molecule has 0 aliphatic carbocycles. The maximum atomic E-state index is 12.0. The van der Waals surface area contributed by atoms with E-state index in [1.807, 2.05) is 0 Å².